The van der Waals surface area contributed by atoms with Crippen molar-refractivity contribution in [2.75, 3.05) is 19.3 Å². The summed E-state index contributed by atoms with van der Waals surface area (Å²) < 4.78 is 23.1. The second-order valence-corrected chi connectivity index (χ2v) is 12.0. The molecular weight excluding hydrogens is 458 g/mol. The number of aromatic nitrogens is 1. The third-order valence-corrected chi connectivity index (χ3v) is 8.81. The van der Waals surface area contributed by atoms with E-state index >= 15 is 0 Å². The van der Waals surface area contributed by atoms with Crippen molar-refractivity contribution in [1.82, 2.24) is 15.2 Å². The maximum absolute atomic E-state index is 12.8. The average Bonchev–Trinajstić information content (AvgIpc) is 3.33. The molecule has 2 aromatic rings. The number of carbonyl (C=O) groups excluding carboxylic acids is 2. The molecular formula is C24H31N3O4S2. The first kappa shape index (κ1) is 23.9. The van der Waals surface area contributed by atoms with Crippen molar-refractivity contribution >= 4 is 33.0 Å². The molecule has 1 N–H and O–H groups in total. The lowest BCUT2D eigenvalue weighted by molar-refractivity contribution is -0.137. The van der Waals surface area contributed by atoms with Crippen LogP contribution < -0.4 is 5.32 Å². The van der Waals surface area contributed by atoms with E-state index in [-0.39, 0.29) is 22.6 Å². The summed E-state index contributed by atoms with van der Waals surface area (Å²) in [6.45, 7) is 1.84. The number of rotatable bonds is 6. The van der Waals surface area contributed by atoms with Crippen LogP contribution in [0.1, 0.15) is 71.9 Å². The Kier molecular flexibility index (Phi) is 7.48. The number of nitrogens with zero attached hydrogens (tertiary/aromatic N) is 2. The highest BCUT2D eigenvalue weighted by atomic mass is 32.2. The van der Waals surface area contributed by atoms with Crippen molar-refractivity contribution < 1.29 is 18.0 Å². The molecule has 7 nitrogen and oxygen atoms in total. The number of thiazole rings is 1. The Hall–Kier alpha value is -2.26. The van der Waals surface area contributed by atoms with Crippen molar-refractivity contribution in [2.45, 2.75) is 62.3 Å². The minimum atomic E-state index is -3.23. The Bertz CT molecular complexity index is 1080. The molecule has 9 heteroatoms. The van der Waals surface area contributed by atoms with Crippen molar-refractivity contribution in [3.05, 3.63) is 45.9 Å². The Labute approximate surface area is 199 Å². The van der Waals surface area contributed by atoms with E-state index < -0.39 is 9.84 Å². The molecule has 1 aliphatic carbocycles. The number of nitrogens with one attached hydrogen (secondary N) is 1. The van der Waals surface area contributed by atoms with Crippen molar-refractivity contribution in [3.8, 4) is 0 Å². The summed E-state index contributed by atoms with van der Waals surface area (Å²) >= 11 is 1.51. The molecule has 1 aromatic carbocycles. The largest absolute Gasteiger partial charge is 0.347 e. The topological polar surface area (TPSA) is 96.4 Å². The van der Waals surface area contributed by atoms with Gasteiger partial charge in [-0.1, -0.05) is 31.4 Å². The molecule has 0 spiro atoms. The highest BCUT2D eigenvalue weighted by Gasteiger charge is 2.30. The molecule has 4 rings (SSSR count). The van der Waals surface area contributed by atoms with E-state index in [1.54, 1.807) is 29.6 Å². The molecule has 2 heterocycles. The molecule has 1 aromatic heterocycles. The van der Waals surface area contributed by atoms with Gasteiger partial charge in [0.2, 0.25) is 5.91 Å². The molecule has 2 fully saturated rings. The predicted molar refractivity (Wildman–Crippen MR) is 128 cm³/mol. The van der Waals surface area contributed by atoms with Crippen LogP contribution >= 0.6 is 11.3 Å². The van der Waals surface area contributed by atoms with Crippen LogP contribution in [-0.2, 0) is 21.2 Å². The van der Waals surface area contributed by atoms with Gasteiger partial charge in [0, 0.05) is 43.1 Å². The molecule has 0 radical (unpaired) electrons. The summed E-state index contributed by atoms with van der Waals surface area (Å²) in [7, 11) is -3.23. The zero-order valence-corrected chi connectivity index (χ0v) is 20.6. The van der Waals surface area contributed by atoms with E-state index in [1.807, 2.05) is 4.90 Å². The van der Waals surface area contributed by atoms with Crippen LogP contribution in [0.5, 0.6) is 0 Å². The average molecular weight is 490 g/mol. The van der Waals surface area contributed by atoms with Gasteiger partial charge in [0.05, 0.1) is 9.90 Å². The first-order chi connectivity index (χ1) is 15.8. The quantitative estimate of drug-likeness (QED) is 0.666. The van der Waals surface area contributed by atoms with Crippen molar-refractivity contribution in [2.24, 2.45) is 5.92 Å². The molecule has 1 saturated carbocycles. The van der Waals surface area contributed by atoms with Gasteiger partial charge >= 0.3 is 0 Å². The Morgan fingerprint density at radius 1 is 1.06 bits per heavy atom. The standard InChI is InChI=1S/C24H31N3O4S2/c1-33(30,31)20-9-7-17(8-10-20)15-25-22(28)21-16-32-23(26-21)18-11-13-27(14-12-18)24(29)19-5-3-2-4-6-19/h7-10,16,18-19H,2-6,11-15H2,1H3,(H,25,28). The van der Waals surface area contributed by atoms with Crippen LogP contribution in [0.3, 0.4) is 0 Å². The van der Waals surface area contributed by atoms with Gasteiger partial charge in [0.1, 0.15) is 5.69 Å². The van der Waals surface area contributed by atoms with Crippen LogP contribution in [-0.4, -0.2) is 49.5 Å². The van der Waals surface area contributed by atoms with Gasteiger partial charge in [-0.25, -0.2) is 13.4 Å². The molecule has 1 aliphatic heterocycles. The Morgan fingerprint density at radius 3 is 2.36 bits per heavy atom. The van der Waals surface area contributed by atoms with E-state index in [0.717, 1.165) is 49.3 Å². The molecule has 2 aliphatic rings. The summed E-state index contributed by atoms with van der Waals surface area (Å²) in [6.07, 6.45) is 8.60. The fourth-order valence-electron chi connectivity index (χ4n) is 4.66. The Morgan fingerprint density at radius 2 is 1.73 bits per heavy atom. The molecule has 2 amide bonds. The lowest BCUT2D eigenvalue weighted by Crippen LogP contribution is -2.41. The number of likely N-dealkylation sites (tertiary alicyclic amines) is 1. The Balaban J connectivity index is 1.27. The van der Waals surface area contributed by atoms with E-state index in [4.69, 9.17) is 0 Å². The summed E-state index contributed by atoms with van der Waals surface area (Å²) in [5, 5.41) is 5.60. The number of hydrogen-bond acceptors (Lipinski definition) is 6. The van der Waals surface area contributed by atoms with Crippen molar-refractivity contribution in [3.63, 3.8) is 0 Å². The van der Waals surface area contributed by atoms with Gasteiger partial charge in [-0.15, -0.1) is 11.3 Å². The minimum Gasteiger partial charge on any atom is -0.347 e. The third-order valence-electron chi connectivity index (χ3n) is 6.67. The molecule has 0 bridgehead atoms. The van der Waals surface area contributed by atoms with Crippen LogP contribution in [0.15, 0.2) is 34.5 Å². The maximum atomic E-state index is 12.8. The maximum Gasteiger partial charge on any atom is 0.271 e. The summed E-state index contributed by atoms with van der Waals surface area (Å²) in [5.74, 6) is 0.593. The fourth-order valence-corrected chi connectivity index (χ4v) is 6.26. The third kappa shape index (κ3) is 6.00. The number of sulfone groups is 1. The summed E-state index contributed by atoms with van der Waals surface area (Å²) in [4.78, 5) is 32.2. The number of amides is 2. The number of benzene rings is 1. The number of carbonyl (C=O) groups is 2. The lowest BCUT2D eigenvalue weighted by atomic mass is 9.87. The van der Waals surface area contributed by atoms with Gasteiger partial charge in [0.25, 0.3) is 5.91 Å². The second-order valence-electron chi connectivity index (χ2n) is 9.10. The van der Waals surface area contributed by atoms with E-state index in [0.29, 0.717) is 18.1 Å². The molecule has 178 valence electrons. The monoisotopic (exact) mass is 489 g/mol. The van der Waals surface area contributed by atoms with Gasteiger partial charge < -0.3 is 10.2 Å². The van der Waals surface area contributed by atoms with Crippen LogP contribution in [0, 0.1) is 5.92 Å². The van der Waals surface area contributed by atoms with Crippen LogP contribution in [0.4, 0.5) is 0 Å². The lowest BCUT2D eigenvalue weighted by Gasteiger charge is -2.34. The normalized spacial score (nSPS) is 18.3. The highest BCUT2D eigenvalue weighted by Crippen LogP contribution is 2.32. The highest BCUT2D eigenvalue weighted by molar-refractivity contribution is 7.90. The first-order valence-corrected chi connectivity index (χ1v) is 14.4. The zero-order valence-electron chi connectivity index (χ0n) is 19.0. The van der Waals surface area contributed by atoms with Gasteiger partial charge in [-0.05, 0) is 43.4 Å². The fraction of sp³-hybridized carbons (Fsp3) is 0.542. The predicted octanol–water partition coefficient (Wildman–Crippen LogP) is 3.76. The van der Waals surface area contributed by atoms with Gasteiger partial charge in [-0.2, -0.15) is 0 Å². The number of piperidine rings is 1. The van der Waals surface area contributed by atoms with E-state index in [1.165, 1.54) is 36.9 Å². The van der Waals surface area contributed by atoms with E-state index in [9.17, 15) is 18.0 Å². The number of hydrogen-bond donors (Lipinski definition) is 1. The van der Waals surface area contributed by atoms with Gasteiger partial charge in [-0.3, -0.25) is 9.59 Å². The zero-order chi connectivity index (χ0) is 23.4. The minimum absolute atomic E-state index is 0.216. The van der Waals surface area contributed by atoms with E-state index in [2.05, 4.69) is 10.3 Å². The van der Waals surface area contributed by atoms with Crippen molar-refractivity contribution in [1.29, 1.82) is 0 Å². The molecule has 0 atom stereocenters. The van der Waals surface area contributed by atoms with Gasteiger partial charge in [0.15, 0.2) is 9.84 Å². The van der Waals surface area contributed by atoms with Crippen LogP contribution in [0.2, 0.25) is 0 Å². The molecule has 33 heavy (non-hydrogen) atoms. The second kappa shape index (κ2) is 10.3. The smallest absolute Gasteiger partial charge is 0.271 e. The summed E-state index contributed by atoms with van der Waals surface area (Å²) in [5.41, 5.74) is 1.23. The first-order valence-electron chi connectivity index (χ1n) is 11.6. The summed E-state index contributed by atoms with van der Waals surface area (Å²) in [6, 6.07) is 6.49. The molecule has 0 unspecified atom stereocenters. The SMILES string of the molecule is CS(=O)(=O)c1ccc(CNC(=O)c2csc(C3CCN(C(=O)C4CCCCC4)CC3)n2)cc1. The van der Waals surface area contributed by atoms with Crippen LogP contribution in [0.25, 0.3) is 0 Å². The molecule has 1 saturated heterocycles.